The van der Waals surface area contributed by atoms with E-state index in [-0.39, 0.29) is 5.92 Å². The van der Waals surface area contributed by atoms with E-state index < -0.39 is 11.7 Å². The van der Waals surface area contributed by atoms with E-state index in [9.17, 15) is 13.2 Å². The Bertz CT molecular complexity index is 955. The van der Waals surface area contributed by atoms with Crippen LogP contribution in [0.1, 0.15) is 42.1 Å². The Morgan fingerprint density at radius 2 is 1.62 bits per heavy atom. The topological polar surface area (TPSA) is 35.0 Å². The summed E-state index contributed by atoms with van der Waals surface area (Å²) in [4.78, 5) is 9.01. The van der Waals surface area contributed by atoms with Gasteiger partial charge in [0.15, 0.2) is 5.16 Å². The number of aromatic nitrogens is 2. The fourth-order valence-corrected chi connectivity index (χ4v) is 3.31. The number of aryl methyl sites for hydroxylation is 1. The van der Waals surface area contributed by atoms with Crippen LogP contribution in [0.4, 0.5) is 13.2 Å². The number of nitrogens with zero attached hydrogens (tertiary/aromatic N) is 2. The third kappa shape index (κ3) is 5.97. The monoisotopic (exact) mass is 418 g/mol. The highest BCUT2D eigenvalue weighted by molar-refractivity contribution is 7.98. The molecule has 0 radical (unpaired) electrons. The number of benzene rings is 2. The molecule has 0 amide bonds. The van der Waals surface area contributed by atoms with E-state index >= 15 is 0 Å². The van der Waals surface area contributed by atoms with Crippen molar-refractivity contribution in [2.75, 3.05) is 0 Å². The second-order valence-electron chi connectivity index (χ2n) is 6.97. The van der Waals surface area contributed by atoms with Gasteiger partial charge in [-0.1, -0.05) is 55.4 Å². The van der Waals surface area contributed by atoms with Crippen molar-refractivity contribution < 1.29 is 17.9 Å². The average Bonchev–Trinajstić information content (AvgIpc) is 2.67. The van der Waals surface area contributed by atoms with Crippen LogP contribution in [0.15, 0.2) is 59.8 Å². The molecule has 0 unspecified atom stereocenters. The Morgan fingerprint density at radius 1 is 0.966 bits per heavy atom. The van der Waals surface area contributed by atoms with Crippen molar-refractivity contribution >= 4 is 11.8 Å². The van der Waals surface area contributed by atoms with Crippen molar-refractivity contribution in [3.63, 3.8) is 0 Å². The van der Waals surface area contributed by atoms with E-state index in [4.69, 9.17) is 4.74 Å². The van der Waals surface area contributed by atoms with E-state index in [0.29, 0.717) is 22.5 Å². The lowest BCUT2D eigenvalue weighted by molar-refractivity contribution is -0.137. The van der Waals surface area contributed by atoms with E-state index in [1.165, 1.54) is 23.9 Å². The van der Waals surface area contributed by atoms with Gasteiger partial charge in [0.05, 0.1) is 11.3 Å². The number of thioether (sulfide) groups is 1. The third-order valence-electron chi connectivity index (χ3n) is 4.19. The van der Waals surface area contributed by atoms with Crippen molar-refractivity contribution in [1.82, 2.24) is 9.97 Å². The molecule has 3 nitrogen and oxygen atoms in total. The number of halogens is 3. The summed E-state index contributed by atoms with van der Waals surface area (Å²) in [6.45, 7) is 6.06. The minimum absolute atomic E-state index is 0.184. The molecule has 0 aliphatic heterocycles. The summed E-state index contributed by atoms with van der Waals surface area (Å²) in [5.41, 5.74) is 2.09. The molecular weight excluding hydrogens is 397 g/mol. The molecule has 3 rings (SSSR count). The average molecular weight is 418 g/mol. The molecule has 152 valence electrons. The van der Waals surface area contributed by atoms with Gasteiger partial charge in [0.25, 0.3) is 0 Å². The normalized spacial score (nSPS) is 11.7. The number of ether oxygens (including phenoxy) is 1. The number of rotatable bonds is 6. The zero-order valence-electron chi connectivity index (χ0n) is 16.3. The van der Waals surface area contributed by atoms with Gasteiger partial charge in [-0.15, -0.1) is 0 Å². The van der Waals surface area contributed by atoms with Crippen LogP contribution in [0.3, 0.4) is 0 Å². The van der Waals surface area contributed by atoms with Gasteiger partial charge in [-0.05, 0) is 42.7 Å². The second kappa shape index (κ2) is 8.86. The molecule has 29 heavy (non-hydrogen) atoms. The first-order valence-corrected chi connectivity index (χ1v) is 10.1. The van der Waals surface area contributed by atoms with E-state index in [1.807, 2.05) is 51.1 Å². The Labute approximate surface area is 172 Å². The first-order chi connectivity index (χ1) is 13.7. The molecule has 0 aliphatic carbocycles. The fraction of sp³-hybridized carbons (Fsp3) is 0.273. The first-order valence-electron chi connectivity index (χ1n) is 9.13. The highest BCUT2D eigenvalue weighted by Gasteiger charge is 2.29. The predicted molar refractivity (Wildman–Crippen MR) is 108 cm³/mol. The van der Waals surface area contributed by atoms with Gasteiger partial charge in [-0.25, -0.2) is 4.98 Å². The molecule has 2 aromatic carbocycles. The molecule has 0 N–H and O–H groups in total. The van der Waals surface area contributed by atoms with Crippen LogP contribution < -0.4 is 4.74 Å². The largest absolute Gasteiger partial charge is 0.439 e. The van der Waals surface area contributed by atoms with Crippen molar-refractivity contribution in [3.8, 4) is 11.6 Å². The van der Waals surface area contributed by atoms with Crippen LogP contribution in [-0.4, -0.2) is 9.97 Å². The standard InChI is InChI=1S/C22H21F3N2OS/c1-14(2)19-12-20(28-18-10-4-15(3)5-11-18)27-21(26-19)29-13-16-6-8-17(9-7-16)22(23,24)25/h4-12,14H,13H2,1-3H3. The maximum Gasteiger partial charge on any atom is 0.416 e. The first kappa shape index (κ1) is 21.2. The summed E-state index contributed by atoms with van der Waals surface area (Å²) >= 11 is 1.36. The fourth-order valence-electron chi connectivity index (χ4n) is 2.50. The molecule has 0 saturated heterocycles. The Hall–Kier alpha value is -2.54. The summed E-state index contributed by atoms with van der Waals surface area (Å²) in [6.07, 6.45) is -4.33. The molecule has 0 bridgehead atoms. The third-order valence-corrected chi connectivity index (χ3v) is 5.10. The molecule has 1 heterocycles. The predicted octanol–water partition coefficient (Wildman–Crippen LogP) is 7.01. The van der Waals surface area contributed by atoms with Crippen LogP contribution in [0, 0.1) is 6.92 Å². The van der Waals surface area contributed by atoms with Crippen LogP contribution >= 0.6 is 11.8 Å². The summed E-state index contributed by atoms with van der Waals surface area (Å²) in [5, 5.41) is 0.526. The van der Waals surface area contributed by atoms with Gasteiger partial charge in [0.1, 0.15) is 5.75 Å². The van der Waals surface area contributed by atoms with Crippen LogP contribution in [0.25, 0.3) is 0 Å². The van der Waals surface area contributed by atoms with E-state index in [0.717, 1.165) is 29.0 Å². The second-order valence-corrected chi connectivity index (χ2v) is 7.91. The molecule has 0 spiro atoms. The molecule has 0 saturated carbocycles. The molecule has 1 aromatic heterocycles. The summed E-state index contributed by atoms with van der Waals surface area (Å²) in [5.74, 6) is 1.78. The van der Waals surface area contributed by atoms with Gasteiger partial charge in [-0.2, -0.15) is 18.2 Å². The molecule has 0 fully saturated rings. The zero-order chi connectivity index (χ0) is 21.0. The van der Waals surface area contributed by atoms with Crippen molar-refractivity contribution in [2.45, 2.75) is 43.8 Å². The lowest BCUT2D eigenvalue weighted by atomic mass is 10.1. The van der Waals surface area contributed by atoms with E-state index in [2.05, 4.69) is 9.97 Å². The van der Waals surface area contributed by atoms with Gasteiger partial charge < -0.3 is 4.74 Å². The molecule has 3 aromatic rings. The maximum atomic E-state index is 12.7. The summed E-state index contributed by atoms with van der Waals surface area (Å²) < 4.78 is 44.0. The minimum atomic E-state index is -4.33. The van der Waals surface area contributed by atoms with Crippen molar-refractivity contribution in [3.05, 3.63) is 77.0 Å². The Balaban J connectivity index is 1.75. The Kier molecular flexibility index (Phi) is 6.47. The number of hydrogen-bond acceptors (Lipinski definition) is 4. The van der Waals surface area contributed by atoms with Gasteiger partial charge in [0, 0.05) is 11.8 Å². The molecular formula is C22H21F3N2OS. The summed E-state index contributed by atoms with van der Waals surface area (Å²) in [7, 11) is 0. The van der Waals surface area contributed by atoms with Crippen molar-refractivity contribution in [2.24, 2.45) is 0 Å². The highest BCUT2D eigenvalue weighted by atomic mass is 32.2. The molecule has 0 atom stereocenters. The smallest absolute Gasteiger partial charge is 0.416 e. The lowest BCUT2D eigenvalue weighted by Crippen LogP contribution is -2.04. The highest BCUT2D eigenvalue weighted by Crippen LogP contribution is 2.31. The minimum Gasteiger partial charge on any atom is -0.439 e. The summed E-state index contributed by atoms with van der Waals surface area (Å²) in [6, 6.07) is 14.6. The lowest BCUT2D eigenvalue weighted by Gasteiger charge is -2.11. The molecule has 7 heteroatoms. The van der Waals surface area contributed by atoms with Crippen LogP contribution in [0.2, 0.25) is 0 Å². The van der Waals surface area contributed by atoms with Gasteiger partial charge >= 0.3 is 6.18 Å². The SMILES string of the molecule is Cc1ccc(Oc2cc(C(C)C)nc(SCc3ccc(C(F)(F)F)cc3)n2)cc1. The Morgan fingerprint density at radius 3 is 2.21 bits per heavy atom. The number of hydrogen-bond donors (Lipinski definition) is 0. The van der Waals surface area contributed by atoms with Crippen molar-refractivity contribution in [1.29, 1.82) is 0 Å². The van der Waals surface area contributed by atoms with Gasteiger partial charge in [0.2, 0.25) is 5.88 Å². The number of alkyl halides is 3. The maximum absolute atomic E-state index is 12.7. The van der Waals surface area contributed by atoms with Crippen LogP contribution in [0.5, 0.6) is 11.6 Å². The van der Waals surface area contributed by atoms with Gasteiger partial charge in [-0.3, -0.25) is 0 Å². The van der Waals surface area contributed by atoms with Crippen LogP contribution in [-0.2, 0) is 11.9 Å². The van der Waals surface area contributed by atoms with E-state index in [1.54, 1.807) is 0 Å². The quantitative estimate of drug-likeness (QED) is 0.318. The zero-order valence-corrected chi connectivity index (χ0v) is 17.1. The molecule has 0 aliphatic rings.